The molecule has 19 heavy (non-hydrogen) atoms. The quantitative estimate of drug-likeness (QED) is 0.744. The van der Waals surface area contributed by atoms with Gasteiger partial charge in [-0.3, -0.25) is 9.69 Å². The van der Waals surface area contributed by atoms with Crippen molar-refractivity contribution in [3.05, 3.63) is 6.33 Å². The molecule has 0 spiro atoms. The smallest absolute Gasteiger partial charge is 0.313 e. The largest absolute Gasteiger partial charge is 0.481 e. The fourth-order valence-electron chi connectivity index (χ4n) is 2.13. The standard InChI is InChI=1S/C11H19N5O2S/c1-14-3-4-15(2)9(5-14)6-16-8-12-13-11(16)19-7-10(17)18/h8-9H,3-7H2,1-2H3,(H,17,18). The number of carboxylic acids is 1. The van der Waals surface area contributed by atoms with Gasteiger partial charge in [-0.05, 0) is 14.1 Å². The SMILES string of the molecule is CN1CCN(C)C(Cn2cnnc2SCC(=O)O)C1. The van der Waals surface area contributed by atoms with E-state index in [1.165, 1.54) is 11.8 Å². The van der Waals surface area contributed by atoms with E-state index in [1.54, 1.807) is 6.33 Å². The fourth-order valence-corrected chi connectivity index (χ4v) is 2.78. The van der Waals surface area contributed by atoms with Crippen molar-refractivity contribution >= 4 is 17.7 Å². The first kappa shape index (κ1) is 14.3. The van der Waals surface area contributed by atoms with Crippen molar-refractivity contribution in [1.82, 2.24) is 24.6 Å². The predicted octanol–water partition coefficient (Wildman–Crippen LogP) is -0.299. The Balaban J connectivity index is 1.98. The maximum absolute atomic E-state index is 10.6. The first-order valence-electron chi connectivity index (χ1n) is 6.17. The summed E-state index contributed by atoms with van der Waals surface area (Å²) in [7, 11) is 4.23. The van der Waals surface area contributed by atoms with Gasteiger partial charge in [-0.1, -0.05) is 11.8 Å². The van der Waals surface area contributed by atoms with Crippen LogP contribution in [0.1, 0.15) is 0 Å². The number of hydrogen-bond acceptors (Lipinski definition) is 6. The van der Waals surface area contributed by atoms with E-state index in [1.807, 2.05) is 4.57 Å². The molecule has 1 atom stereocenters. The molecule has 1 aromatic heterocycles. The van der Waals surface area contributed by atoms with Crippen molar-refractivity contribution in [1.29, 1.82) is 0 Å². The zero-order valence-corrected chi connectivity index (χ0v) is 12.0. The number of carboxylic acid groups (broad SMARTS) is 1. The van der Waals surface area contributed by atoms with E-state index in [0.717, 1.165) is 26.2 Å². The van der Waals surface area contributed by atoms with Crippen LogP contribution in [0.3, 0.4) is 0 Å². The van der Waals surface area contributed by atoms with Gasteiger partial charge < -0.3 is 14.6 Å². The highest BCUT2D eigenvalue weighted by atomic mass is 32.2. The number of nitrogens with zero attached hydrogens (tertiary/aromatic N) is 5. The molecule has 0 saturated carbocycles. The molecule has 1 fully saturated rings. The molecular formula is C11H19N5O2S. The average Bonchev–Trinajstić information content (AvgIpc) is 2.79. The molecule has 0 amide bonds. The van der Waals surface area contributed by atoms with E-state index in [-0.39, 0.29) is 5.75 Å². The minimum absolute atomic E-state index is 0.0130. The molecule has 2 rings (SSSR count). The van der Waals surface area contributed by atoms with E-state index in [9.17, 15) is 4.79 Å². The molecule has 1 N–H and O–H groups in total. The van der Waals surface area contributed by atoms with Crippen molar-refractivity contribution < 1.29 is 9.90 Å². The summed E-state index contributed by atoms with van der Waals surface area (Å²) in [6, 6.07) is 0.402. The molecule has 0 aliphatic carbocycles. The molecule has 1 aromatic rings. The van der Waals surface area contributed by atoms with Gasteiger partial charge in [0.25, 0.3) is 0 Å². The Morgan fingerprint density at radius 2 is 2.32 bits per heavy atom. The summed E-state index contributed by atoms with van der Waals surface area (Å²) in [6.07, 6.45) is 1.67. The maximum atomic E-state index is 10.6. The average molecular weight is 285 g/mol. The van der Waals surface area contributed by atoms with Gasteiger partial charge in [-0.25, -0.2) is 0 Å². The molecule has 2 heterocycles. The van der Waals surface area contributed by atoms with Crippen molar-refractivity contribution in [3.8, 4) is 0 Å². The number of rotatable bonds is 5. The zero-order chi connectivity index (χ0) is 13.8. The van der Waals surface area contributed by atoms with E-state index >= 15 is 0 Å². The highest BCUT2D eigenvalue weighted by Crippen LogP contribution is 2.16. The third-order valence-corrected chi connectivity index (χ3v) is 4.26. The number of aliphatic carboxylic acids is 1. The van der Waals surface area contributed by atoms with E-state index in [2.05, 4.69) is 34.1 Å². The summed E-state index contributed by atoms with van der Waals surface area (Å²) in [6.45, 7) is 3.91. The lowest BCUT2D eigenvalue weighted by Gasteiger charge is -2.37. The summed E-state index contributed by atoms with van der Waals surface area (Å²) < 4.78 is 1.94. The van der Waals surface area contributed by atoms with Crippen LogP contribution in [-0.4, -0.2) is 81.2 Å². The third-order valence-electron chi connectivity index (χ3n) is 3.29. The van der Waals surface area contributed by atoms with E-state index < -0.39 is 5.97 Å². The van der Waals surface area contributed by atoms with Crippen LogP contribution in [0.4, 0.5) is 0 Å². The van der Waals surface area contributed by atoms with Crippen LogP contribution in [0, 0.1) is 0 Å². The van der Waals surface area contributed by atoms with Gasteiger partial charge in [0.2, 0.25) is 0 Å². The molecule has 7 nitrogen and oxygen atoms in total. The predicted molar refractivity (Wildman–Crippen MR) is 72.3 cm³/mol. The molecular weight excluding hydrogens is 266 g/mol. The van der Waals surface area contributed by atoms with Crippen LogP contribution in [0.15, 0.2) is 11.5 Å². The van der Waals surface area contributed by atoms with Gasteiger partial charge in [-0.2, -0.15) is 0 Å². The topological polar surface area (TPSA) is 74.5 Å². The second-order valence-electron chi connectivity index (χ2n) is 4.84. The molecule has 106 valence electrons. The minimum atomic E-state index is -0.839. The van der Waals surface area contributed by atoms with Crippen LogP contribution < -0.4 is 0 Å². The molecule has 1 saturated heterocycles. The Bertz CT molecular complexity index is 438. The minimum Gasteiger partial charge on any atom is -0.481 e. The van der Waals surface area contributed by atoms with Crippen LogP contribution in [0.5, 0.6) is 0 Å². The number of thioether (sulfide) groups is 1. The molecule has 1 aliphatic rings. The van der Waals surface area contributed by atoms with Crippen molar-refractivity contribution in [3.63, 3.8) is 0 Å². The number of carbonyl (C=O) groups is 1. The van der Waals surface area contributed by atoms with Gasteiger partial charge in [0.15, 0.2) is 5.16 Å². The summed E-state index contributed by atoms with van der Waals surface area (Å²) in [5, 5.41) is 17.2. The summed E-state index contributed by atoms with van der Waals surface area (Å²) in [5.74, 6) is -0.826. The van der Waals surface area contributed by atoms with Crippen molar-refractivity contribution in [2.75, 3.05) is 39.5 Å². The fraction of sp³-hybridized carbons (Fsp3) is 0.727. The Morgan fingerprint density at radius 3 is 3.05 bits per heavy atom. The number of aromatic nitrogens is 3. The second-order valence-corrected chi connectivity index (χ2v) is 5.79. The highest BCUT2D eigenvalue weighted by molar-refractivity contribution is 7.99. The molecule has 1 aliphatic heterocycles. The Kier molecular flexibility index (Phi) is 4.78. The first-order valence-corrected chi connectivity index (χ1v) is 7.16. The lowest BCUT2D eigenvalue weighted by atomic mass is 10.2. The highest BCUT2D eigenvalue weighted by Gasteiger charge is 2.23. The Morgan fingerprint density at radius 1 is 1.53 bits per heavy atom. The molecule has 0 aromatic carbocycles. The van der Waals surface area contributed by atoms with Crippen LogP contribution in [0.25, 0.3) is 0 Å². The molecule has 8 heteroatoms. The normalized spacial score (nSPS) is 21.7. The first-order chi connectivity index (χ1) is 9.06. The second kappa shape index (κ2) is 6.36. The van der Waals surface area contributed by atoms with E-state index in [0.29, 0.717) is 11.2 Å². The lowest BCUT2D eigenvalue weighted by molar-refractivity contribution is -0.133. The van der Waals surface area contributed by atoms with E-state index in [4.69, 9.17) is 5.11 Å². The number of likely N-dealkylation sites (N-methyl/N-ethyl adjacent to an activating group) is 2. The van der Waals surface area contributed by atoms with Gasteiger partial charge in [0.05, 0.1) is 5.75 Å². The summed E-state index contributed by atoms with van der Waals surface area (Å²) in [5.41, 5.74) is 0. The van der Waals surface area contributed by atoms with Crippen molar-refractivity contribution in [2.45, 2.75) is 17.7 Å². The zero-order valence-electron chi connectivity index (χ0n) is 11.2. The summed E-state index contributed by atoms with van der Waals surface area (Å²) in [4.78, 5) is 15.2. The molecule has 1 unspecified atom stereocenters. The Hall–Kier alpha value is -1.12. The third kappa shape index (κ3) is 3.92. The lowest BCUT2D eigenvalue weighted by Crippen LogP contribution is -2.51. The van der Waals surface area contributed by atoms with Gasteiger partial charge in [0.1, 0.15) is 6.33 Å². The van der Waals surface area contributed by atoms with Crippen LogP contribution >= 0.6 is 11.8 Å². The number of piperazine rings is 1. The van der Waals surface area contributed by atoms with Gasteiger partial charge >= 0.3 is 5.97 Å². The number of hydrogen-bond donors (Lipinski definition) is 1. The van der Waals surface area contributed by atoms with Gasteiger partial charge in [-0.15, -0.1) is 10.2 Å². The van der Waals surface area contributed by atoms with Crippen molar-refractivity contribution in [2.24, 2.45) is 0 Å². The molecule has 0 radical (unpaired) electrons. The molecule has 0 bridgehead atoms. The summed E-state index contributed by atoms with van der Waals surface area (Å²) >= 11 is 1.21. The van der Waals surface area contributed by atoms with Gasteiger partial charge in [0, 0.05) is 32.2 Å². The van der Waals surface area contributed by atoms with Crippen LogP contribution in [0.2, 0.25) is 0 Å². The maximum Gasteiger partial charge on any atom is 0.313 e. The Labute approximate surface area is 116 Å². The van der Waals surface area contributed by atoms with Crippen LogP contribution in [-0.2, 0) is 11.3 Å². The monoisotopic (exact) mass is 285 g/mol.